The second kappa shape index (κ2) is 7.64. The van der Waals surface area contributed by atoms with Gasteiger partial charge in [0.25, 0.3) is 0 Å². The van der Waals surface area contributed by atoms with E-state index in [0.717, 1.165) is 61.5 Å². The second-order valence-electron chi connectivity index (χ2n) is 7.37. The van der Waals surface area contributed by atoms with Crippen molar-refractivity contribution in [1.82, 2.24) is 24.9 Å². The van der Waals surface area contributed by atoms with E-state index in [1.54, 1.807) is 0 Å². The molecule has 0 spiro atoms. The minimum absolute atomic E-state index is 0.212. The number of halogens is 1. The SMILES string of the molecule is CCn1cc(CN2CCCC(c3[nH]ncc3-c3ccc(F)cc3)C2)c(C)n1. The molecule has 1 N–H and O–H groups in total. The lowest BCUT2D eigenvalue weighted by Crippen LogP contribution is -2.34. The van der Waals surface area contributed by atoms with Crippen LogP contribution in [-0.4, -0.2) is 38.0 Å². The highest BCUT2D eigenvalue weighted by Gasteiger charge is 2.25. The van der Waals surface area contributed by atoms with Crippen molar-refractivity contribution in [2.75, 3.05) is 13.1 Å². The molecule has 1 unspecified atom stereocenters. The van der Waals surface area contributed by atoms with Gasteiger partial charge in [-0.2, -0.15) is 10.2 Å². The van der Waals surface area contributed by atoms with Crippen LogP contribution < -0.4 is 0 Å². The average molecular weight is 367 g/mol. The molecule has 5 nitrogen and oxygen atoms in total. The molecule has 6 heteroatoms. The molecule has 27 heavy (non-hydrogen) atoms. The Kier molecular flexibility index (Phi) is 5.07. The fourth-order valence-corrected chi connectivity index (χ4v) is 4.02. The van der Waals surface area contributed by atoms with Crippen LogP contribution in [0.4, 0.5) is 4.39 Å². The van der Waals surface area contributed by atoms with Crippen molar-refractivity contribution in [3.8, 4) is 11.1 Å². The summed E-state index contributed by atoms with van der Waals surface area (Å²) in [4.78, 5) is 2.51. The minimum atomic E-state index is -0.212. The molecule has 1 fully saturated rings. The number of aryl methyl sites for hydroxylation is 2. The van der Waals surface area contributed by atoms with Crippen molar-refractivity contribution in [3.63, 3.8) is 0 Å². The lowest BCUT2D eigenvalue weighted by molar-refractivity contribution is 0.198. The van der Waals surface area contributed by atoms with Crippen molar-refractivity contribution in [2.24, 2.45) is 0 Å². The number of hydrogen-bond acceptors (Lipinski definition) is 3. The first kappa shape index (κ1) is 17.9. The summed E-state index contributed by atoms with van der Waals surface area (Å²) in [6, 6.07) is 6.67. The number of likely N-dealkylation sites (tertiary alicyclic amines) is 1. The molecule has 0 radical (unpaired) electrons. The molecular formula is C21H26FN5. The Labute approximate surface area is 159 Å². The van der Waals surface area contributed by atoms with Gasteiger partial charge in [0, 0.05) is 48.6 Å². The third-order valence-electron chi connectivity index (χ3n) is 5.50. The smallest absolute Gasteiger partial charge is 0.123 e. The summed E-state index contributed by atoms with van der Waals surface area (Å²) in [6.07, 6.45) is 6.32. The van der Waals surface area contributed by atoms with Gasteiger partial charge in [0.2, 0.25) is 0 Å². The van der Waals surface area contributed by atoms with E-state index in [4.69, 9.17) is 0 Å². The first-order valence-electron chi connectivity index (χ1n) is 9.68. The van der Waals surface area contributed by atoms with E-state index in [9.17, 15) is 4.39 Å². The molecule has 0 amide bonds. The molecule has 1 aliphatic heterocycles. The maximum atomic E-state index is 13.3. The fourth-order valence-electron chi connectivity index (χ4n) is 4.02. The Morgan fingerprint density at radius 3 is 2.81 bits per heavy atom. The van der Waals surface area contributed by atoms with E-state index >= 15 is 0 Å². The second-order valence-corrected chi connectivity index (χ2v) is 7.37. The molecular weight excluding hydrogens is 341 g/mol. The maximum absolute atomic E-state index is 13.3. The average Bonchev–Trinajstić information content (AvgIpc) is 3.30. The highest BCUT2D eigenvalue weighted by Crippen LogP contribution is 2.33. The van der Waals surface area contributed by atoms with Gasteiger partial charge in [0.15, 0.2) is 0 Å². The van der Waals surface area contributed by atoms with Crippen LogP contribution >= 0.6 is 0 Å². The van der Waals surface area contributed by atoms with Crippen molar-refractivity contribution in [1.29, 1.82) is 0 Å². The summed E-state index contributed by atoms with van der Waals surface area (Å²) in [5, 5.41) is 12.1. The monoisotopic (exact) mass is 367 g/mol. The molecule has 0 bridgehead atoms. The van der Waals surface area contributed by atoms with Gasteiger partial charge >= 0.3 is 0 Å². The number of aromatic amines is 1. The summed E-state index contributed by atoms with van der Waals surface area (Å²) >= 11 is 0. The molecule has 0 saturated carbocycles. The Hall–Kier alpha value is -2.47. The largest absolute Gasteiger partial charge is 0.298 e. The Morgan fingerprint density at radius 1 is 1.26 bits per heavy atom. The highest BCUT2D eigenvalue weighted by atomic mass is 19.1. The lowest BCUT2D eigenvalue weighted by atomic mass is 9.90. The number of nitrogens with one attached hydrogen (secondary N) is 1. The standard InChI is InChI=1S/C21H26FN5/c1-3-27-14-18(15(2)25-27)13-26-10-4-5-17(12-26)21-20(11-23-24-21)16-6-8-19(22)9-7-16/h6-9,11,14,17H,3-5,10,12-13H2,1-2H3,(H,23,24). The zero-order chi connectivity index (χ0) is 18.8. The van der Waals surface area contributed by atoms with E-state index < -0.39 is 0 Å². The molecule has 3 heterocycles. The third-order valence-corrected chi connectivity index (χ3v) is 5.50. The van der Waals surface area contributed by atoms with Crippen molar-refractivity contribution in [3.05, 3.63) is 59.4 Å². The van der Waals surface area contributed by atoms with Gasteiger partial charge in [-0.15, -0.1) is 0 Å². The van der Waals surface area contributed by atoms with E-state index in [1.807, 2.05) is 23.0 Å². The van der Waals surface area contributed by atoms with Gasteiger partial charge in [-0.1, -0.05) is 12.1 Å². The number of hydrogen-bond donors (Lipinski definition) is 1. The number of H-pyrrole nitrogens is 1. The molecule has 4 rings (SSSR count). The van der Waals surface area contributed by atoms with Crippen molar-refractivity contribution < 1.29 is 4.39 Å². The van der Waals surface area contributed by atoms with Gasteiger partial charge in [-0.25, -0.2) is 4.39 Å². The van der Waals surface area contributed by atoms with Crippen LogP contribution in [-0.2, 0) is 13.1 Å². The van der Waals surface area contributed by atoms with Gasteiger partial charge in [0.1, 0.15) is 5.82 Å². The van der Waals surface area contributed by atoms with Crippen LogP contribution in [0.1, 0.15) is 42.6 Å². The van der Waals surface area contributed by atoms with Crippen LogP contribution in [0, 0.1) is 12.7 Å². The number of benzene rings is 1. The Balaban J connectivity index is 1.51. The van der Waals surface area contributed by atoms with Crippen molar-refractivity contribution >= 4 is 0 Å². The van der Waals surface area contributed by atoms with Crippen LogP contribution in [0.25, 0.3) is 11.1 Å². The first-order chi connectivity index (χ1) is 13.1. The Bertz CT molecular complexity index is 896. The summed E-state index contributed by atoms with van der Waals surface area (Å²) in [6.45, 7) is 8.13. The minimum Gasteiger partial charge on any atom is -0.298 e. The molecule has 3 aromatic rings. The molecule has 142 valence electrons. The van der Waals surface area contributed by atoms with E-state index in [-0.39, 0.29) is 5.82 Å². The molecule has 2 aromatic heterocycles. The number of rotatable bonds is 5. The third kappa shape index (κ3) is 3.81. The molecule has 1 aromatic carbocycles. The highest BCUT2D eigenvalue weighted by molar-refractivity contribution is 5.65. The van der Waals surface area contributed by atoms with Crippen LogP contribution in [0.5, 0.6) is 0 Å². The summed E-state index contributed by atoms with van der Waals surface area (Å²) in [5.74, 6) is 0.193. The van der Waals surface area contributed by atoms with E-state index in [0.29, 0.717) is 5.92 Å². The molecule has 1 atom stereocenters. The predicted octanol–water partition coefficient (Wildman–Crippen LogP) is 4.12. The molecule has 0 aliphatic carbocycles. The molecule has 1 aliphatic rings. The summed E-state index contributed by atoms with van der Waals surface area (Å²) < 4.78 is 15.3. The predicted molar refractivity (Wildman–Crippen MR) is 104 cm³/mol. The maximum Gasteiger partial charge on any atom is 0.123 e. The lowest BCUT2D eigenvalue weighted by Gasteiger charge is -2.32. The number of piperidine rings is 1. The normalized spacial score (nSPS) is 18.1. The van der Waals surface area contributed by atoms with E-state index in [2.05, 4.69) is 40.2 Å². The van der Waals surface area contributed by atoms with E-state index in [1.165, 1.54) is 17.7 Å². The Morgan fingerprint density at radius 2 is 2.07 bits per heavy atom. The van der Waals surface area contributed by atoms with Gasteiger partial charge in [-0.3, -0.25) is 14.7 Å². The zero-order valence-electron chi connectivity index (χ0n) is 16.0. The summed E-state index contributed by atoms with van der Waals surface area (Å²) in [5.41, 5.74) is 5.68. The van der Waals surface area contributed by atoms with Crippen molar-refractivity contribution in [2.45, 2.75) is 45.7 Å². The van der Waals surface area contributed by atoms with Gasteiger partial charge in [-0.05, 0) is 50.9 Å². The fraction of sp³-hybridized carbons (Fsp3) is 0.429. The first-order valence-corrected chi connectivity index (χ1v) is 9.68. The molecule has 1 saturated heterocycles. The number of aromatic nitrogens is 4. The van der Waals surface area contributed by atoms with Crippen LogP contribution in [0.2, 0.25) is 0 Å². The topological polar surface area (TPSA) is 49.7 Å². The number of nitrogens with zero attached hydrogens (tertiary/aromatic N) is 4. The zero-order valence-corrected chi connectivity index (χ0v) is 16.0. The summed E-state index contributed by atoms with van der Waals surface area (Å²) in [7, 11) is 0. The van der Waals surface area contributed by atoms with Gasteiger partial charge < -0.3 is 0 Å². The van der Waals surface area contributed by atoms with Crippen LogP contribution in [0.3, 0.4) is 0 Å². The van der Waals surface area contributed by atoms with Gasteiger partial charge in [0.05, 0.1) is 11.9 Å². The van der Waals surface area contributed by atoms with Crippen LogP contribution in [0.15, 0.2) is 36.7 Å². The quantitative estimate of drug-likeness (QED) is 0.738.